The molecular weight excluding hydrogens is 288 g/mol. The number of rotatable bonds is 7. The third-order valence-electron chi connectivity index (χ3n) is 3.05. The van der Waals surface area contributed by atoms with Crippen LogP contribution in [0.2, 0.25) is 0 Å². The minimum Gasteiger partial charge on any atom is -0.353 e. The van der Waals surface area contributed by atoms with Crippen LogP contribution in [0.15, 0.2) is 30.3 Å². The van der Waals surface area contributed by atoms with Gasteiger partial charge in [0.15, 0.2) is 12.1 Å². The highest BCUT2D eigenvalue weighted by atomic mass is 16.7. The molecule has 0 N–H and O–H groups in total. The molecule has 1 aromatic carbocycles. The summed E-state index contributed by atoms with van der Waals surface area (Å²) >= 11 is 0. The molecule has 0 fully saturated rings. The van der Waals surface area contributed by atoms with E-state index < -0.39 is 0 Å². The summed E-state index contributed by atoms with van der Waals surface area (Å²) in [5.41, 5.74) is 0.695. The van der Waals surface area contributed by atoms with Gasteiger partial charge in [-0.1, -0.05) is 54.0 Å². The maximum absolute atomic E-state index is 12.1. The SMILES string of the molecule is CCOC(C)OCCC#CCC#CC(C)C(=O)c1ccccc1. The normalized spacial score (nSPS) is 12.3. The summed E-state index contributed by atoms with van der Waals surface area (Å²) < 4.78 is 10.6. The van der Waals surface area contributed by atoms with Crippen molar-refractivity contribution in [2.75, 3.05) is 13.2 Å². The van der Waals surface area contributed by atoms with Gasteiger partial charge < -0.3 is 9.47 Å². The molecule has 0 aliphatic carbocycles. The van der Waals surface area contributed by atoms with Gasteiger partial charge in [-0.15, -0.1) is 0 Å². The van der Waals surface area contributed by atoms with Gasteiger partial charge in [-0.3, -0.25) is 4.79 Å². The Morgan fingerprint density at radius 3 is 2.52 bits per heavy atom. The Morgan fingerprint density at radius 2 is 1.83 bits per heavy atom. The topological polar surface area (TPSA) is 35.5 Å². The van der Waals surface area contributed by atoms with Gasteiger partial charge in [0.1, 0.15) is 0 Å². The maximum Gasteiger partial charge on any atom is 0.177 e. The molecule has 0 aliphatic rings. The monoisotopic (exact) mass is 312 g/mol. The predicted octanol–water partition coefficient (Wildman–Crippen LogP) is 3.69. The second kappa shape index (κ2) is 11.5. The van der Waals surface area contributed by atoms with E-state index in [1.807, 2.05) is 51.1 Å². The van der Waals surface area contributed by atoms with E-state index in [9.17, 15) is 4.79 Å². The van der Waals surface area contributed by atoms with Crippen molar-refractivity contribution in [1.29, 1.82) is 0 Å². The Morgan fingerprint density at radius 1 is 1.09 bits per heavy atom. The summed E-state index contributed by atoms with van der Waals surface area (Å²) in [6.45, 7) is 6.81. The fourth-order valence-electron chi connectivity index (χ4n) is 1.88. The lowest BCUT2D eigenvalue weighted by Gasteiger charge is -2.10. The second-order valence-electron chi connectivity index (χ2n) is 4.95. The summed E-state index contributed by atoms with van der Waals surface area (Å²) in [5, 5.41) is 0. The van der Waals surface area contributed by atoms with E-state index in [2.05, 4.69) is 23.7 Å². The van der Waals surface area contributed by atoms with E-state index in [0.29, 0.717) is 31.6 Å². The molecule has 2 unspecified atom stereocenters. The van der Waals surface area contributed by atoms with Crippen molar-refractivity contribution in [3.63, 3.8) is 0 Å². The number of ketones is 1. The van der Waals surface area contributed by atoms with Crippen LogP contribution in [0.1, 0.15) is 44.0 Å². The van der Waals surface area contributed by atoms with Crippen LogP contribution in [0.5, 0.6) is 0 Å². The van der Waals surface area contributed by atoms with Gasteiger partial charge in [0.05, 0.1) is 18.9 Å². The largest absolute Gasteiger partial charge is 0.353 e. The molecule has 3 nitrogen and oxygen atoms in total. The number of benzene rings is 1. The lowest BCUT2D eigenvalue weighted by atomic mass is 10.00. The van der Waals surface area contributed by atoms with Crippen molar-refractivity contribution in [3.8, 4) is 23.7 Å². The van der Waals surface area contributed by atoms with E-state index in [0.717, 1.165) is 0 Å². The summed E-state index contributed by atoms with van der Waals surface area (Å²) in [6, 6.07) is 9.22. The molecule has 0 aliphatic heterocycles. The molecule has 1 rings (SSSR count). The van der Waals surface area contributed by atoms with Crippen LogP contribution in [0, 0.1) is 29.6 Å². The predicted molar refractivity (Wildman–Crippen MR) is 91.8 cm³/mol. The number of ether oxygens (including phenoxy) is 2. The standard InChI is InChI=1S/C20H24O3/c1-4-22-18(3)23-16-12-7-5-6-9-13-17(2)20(21)19-14-10-8-11-15-19/h8,10-11,14-15,17-18H,4,6,12,16H2,1-3H3. The van der Waals surface area contributed by atoms with Gasteiger partial charge in [0, 0.05) is 18.6 Å². The molecule has 2 atom stereocenters. The van der Waals surface area contributed by atoms with Gasteiger partial charge in [0.2, 0.25) is 0 Å². The van der Waals surface area contributed by atoms with Crippen LogP contribution in [0.25, 0.3) is 0 Å². The summed E-state index contributed by atoms with van der Waals surface area (Å²) in [6.07, 6.45) is 0.928. The summed E-state index contributed by atoms with van der Waals surface area (Å²) in [5.74, 6) is 11.6. The molecule has 1 aromatic rings. The Kier molecular flexibility index (Phi) is 9.48. The zero-order valence-electron chi connectivity index (χ0n) is 14.1. The molecule has 0 amide bonds. The van der Waals surface area contributed by atoms with Crippen molar-refractivity contribution in [3.05, 3.63) is 35.9 Å². The Balaban J connectivity index is 2.27. The van der Waals surface area contributed by atoms with Gasteiger partial charge >= 0.3 is 0 Å². The molecule has 3 heteroatoms. The minimum atomic E-state index is -0.311. The van der Waals surface area contributed by atoms with Gasteiger partial charge in [-0.05, 0) is 20.8 Å². The van der Waals surface area contributed by atoms with Crippen LogP contribution >= 0.6 is 0 Å². The molecule has 0 spiro atoms. The molecule has 0 saturated heterocycles. The molecule has 122 valence electrons. The third-order valence-corrected chi connectivity index (χ3v) is 3.05. The van der Waals surface area contributed by atoms with E-state index in [1.54, 1.807) is 0 Å². The first-order valence-corrected chi connectivity index (χ1v) is 7.91. The van der Waals surface area contributed by atoms with Crippen LogP contribution in [0.4, 0.5) is 0 Å². The van der Waals surface area contributed by atoms with Gasteiger partial charge in [-0.2, -0.15) is 0 Å². The van der Waals surface area contributed by atoms with Crippen LogP contribution in [-0.4, -0.2) is 25.3 Å². The van der Waals surface area contributed by atoms with E-state index in [1.165, 1.54) is 0 Å². The van der Waals surface area contributed by atoms with Crippen molar-refractivity contribution in [1.82, 2.24) is 0 Å². The summed E-state index contributed by atoms with van der Waals surface area (Å²) in [4.78, 5) is 12.1. The lowest BCUT2D eigenvalue weighted by molar-refractivity contribution is -0.125. The first-order chi connectivity index (χ1) is 11.1. The average Bonchev–Trinajstić information content (AvgIpc) is 2.57. The fraction of sp³-hybridized carbons (Fsp3) is 0.450. The molecule has 0 heterocycles. The number of carbonyl (C=O) groups excluding carboxylic acids is 1. The highest BCUT2D eigenvalue weighted by Gasteiger charge is 2.11. The van der Waals surface area contributed by atoms with Crippen molar-refractivity contribution in [2.24, 2.45) is 5.92 Å². The van der Waals surface area contributed by atoms with Crippen LogP contribution in [0.3, 0.4) is 0 Å². The second-order valence-corrected chi connectivity index (χ2v) is 4.95. The fourth-order valence-corrected chi connectivity index (χ4v) is 1.88. The molecule has 0 bridgehead atoms. The summed E-state index contributed by atoms with van der Waals surface area (Å²) in [7, 11) is 0. The third kappa shape index (κ3) is 8.21. The van der Waals surface area contributed by atoms with E-state index in [4.69, 9.17) is 9.47 Å². The highest BCUT2D eigenvalue weighted by molar-refractivity contribution is 5.99. The van der Waals surface area contributed by atoms with Crippen molar-refractivity contribution >= 4 is 5.78 Å². The highest BCUT2D eigenvalue weighted by Crippen LogP contribution is 2.07. The molecule has 0 saturated carbocycles. The molecular formula is C20H24O3. The Bertz CT molecular complexity index is 584. The molecule has 0 aromatic heterocycles. The zero-order valence-corrected chi connectivity index (χ0v) is 14.1. The first kappa shape index (κ1) is 19.0. The maximum atomic E-state index is 12.1. The van der Waals surface area contributed by atoms with E-state index >= 15 is 0 Å². The zero-order chi connectivity index (χ0) is 16.9. The first-order valence-electron chi connectivity index (χ1n) is 7.91. The minimum absolute atomic E-state index is 0.0457. The van der Waals surface area contributed by atoms with Crippen LogP contribution in [-0.2, 0) is 9.47 Å². The van der Waals surface area contributed by atoms with Gasteiger partial charge in [-0.25, -0.2) is 0 Å². The van der Waals surface area contributed by atoms with Crippen molar-refractivity contribution in [2.45, 2.75) is 39.9 Å². The van der Waals surface area contributed by atoms with Gasteiger partial charge in [0.25, 0.3) is 0 Å². The number of Topliss-reactive ketones (excluding diaryl/α,β-unsaturated/α-hetero) is 1. The lowest BCUT2D eigenvalue weighted by Crippen LogP contribution is -2.13. The average molecular weight is 312 g/mol. The molecule has 0 radical (unpaired) electrons. The smallest absolute Gasteiger partial charge is 0.177 e. The van der Waals surface area contributed by atoms with Crippen LogP contribution < -0.4 is 0 Å². The number of hydrogen-bond acceptors (Lipinski definition) is 3. The number of hydrogen-bond donors (Lipinski definition) is 0. The molecule has 23 heavy (non-hydrogen) atoms. The Labute approximate surface area is 139 Å². The quantitative estimate of drug-likeness (QED) is 0.333. The number of carbonyl (C=O) groups is 1. The Hall–Kier alpha value is -2.07. The van der Waals surface area contributed by atoms with E-state index in [-0.39, 0.29) is 18.0 Å². The van der Waals surface area contributed by atoms with Crippen molar-refractivity contribution < 1.29 is 14.3 Å².